The van der Waals surface area contributed by atoms with E-state index in [1.807, 2.05) is 0 Å². The molecule has 1 atom stereocenters. The van der Waals surface area contributed by atoms with Crippen LogP contribution in [0.25, 0.3) is 0 Å². The van der Waals surface area contributed by atoms with Crippen molar-refractivity contribution in [2.24, 2.45) is 0 Å². The second-order valence-electron chi connectivity index (χ2n) is 8.03. The summed E-state index contributed by atoms with van der Waals surface area (Å²) in [4.78, 5) is 16.9. The monoisotopic (exact) mass is 385 g/mol. The minimum Gasteiger partial charge on any atom is -0.368 e. The lowest BCUT2D eigenvalue weighted by Gasteiger charge is -2.36. The van der Waals surface area contributed by atoms with E-state index in [1.165, 1.54) is 16.9 Å². The fourth-order valence-electron chi connectivity index (χ4n) is 4.52. The fourth-order valence-corrected chi connectivity index (χ4v) is 4.52. The zero-order chi connectivity index (χ0) is 19.8. The highest BCUT2D eigenvalue weighted by atomic mass is 15.3. The molecule has 3 heterocycles. The number of hydrogen-bond acceptors (Lipinski definition) is 5. The number of aryl methyl sites for hydroxylation is 1. The summed E-state index contributed by atoms with van der Waals surface area (Å²) >= 11 is 0. The second kappa shape index (κ2) is 7.39. The Hall–Kier alpha value is -3.08. The molecule has 2 aliphatic heterocycles. The molecule has 5 rings (SSSR count). The van der Waals surface area contributed by atoms with Gasteiger partial charge in [-0.05, 0) is 44.0 Å². The van der Waals surface area contributed by atoms with Crippen molar-refractivity contribution in [3.63, 3.8) is 0 Å². The van der Waals surface area contributed by atoms with Gasteiger partial charge < -0.3 is 14.7 Å². The molecule has 148 valence electrons. The van der Waals surface area contributed by atoms with E-state index >= 15 is 0 Å². The van der Waals surface area contributed by atoms with E-state index in [4.69, 9.17) is 9.97 Å². The Kier molecular flexibility index (Phi) is 4.58. The maximum Gasteiger partial charge on any atom is 0.227 e. The number of nitrogens with zero attached hydrogens (tertiary/aromatic N) is 5. The summed E-state index contributed by atoms with van der Waals surface area (Å²) in [6.07, 6.45) is 1.06. The first kappa shape index (κ1) is 18.0. The summed E-state index contributed by atoms with van der Waals surface area (Å²) in [6, 6.07) is 21.8. The van der Waals surface area contributed by atoms with Crippen molar-refractivity contribution >= 4 is 23.1 Å². The quantitative estimate of drug-likeness (QED) is 0.675. The van der Waals surface area contributed by atoms with Crippen molar-refractivity contribution < 1.29 is 0 Å². The van der Waals surface area contributed by atoms with Crippen molar-refractivity contribution in [3.05, 3.63) is 71.9 Å². The van der Waals surface area contributed by atoms with Gasteiger partial charge in [0.25, 0.3) is 0 Å². The molecule has 0 radical (unpaired) electrons. The summed E-state index contributed by atoms with van der Waals surface area (Å²) in [6.45, 7) is 8.18. The van der Waals surface area contributed by atoms with Gasteiger partial charge in [-0.15, -0.1) is 0 Å². The van der Waals surface area contributed by atoms with Gasteiger partial charge in [-0.1, -0.05) is 36.4 Å². The van der Waals surface area contributed by atoms with Crippen molar-refractivity contribution in [1.82, 2.24) is 9.97 Å². The van der Waals surface area contributed by atoms with E-state index < -0.39 is 0 Å². The summed E-state index contributed by atoms with van der Waals surface area (Å²) in [7, 11) is 0. The molecular weight excluding hydrogens is 358 g/mol. The molecule has 0 aliphatic carbocycles. The van der Waals surface area contributed by atoms with Crippen LogP contribution in [0.3, 0.4) is 0 Å². The van der Waals surface area contributed by atoms with Crippen LogP contribution in [-0.4, -0.2) is 42.2 Å². The second-order valence-corrected chi connectivity index (χ2v) is 8.03. The first-order valence-electron chi connectivity index (χ1n) is 10.5. The van der Waals surface area contributed by atoms with Gasteiger partial charge in [0.1, 0.15) is 5.82 Å². The smallest absolute Gasteiger partial charge is 0.227 e. The molecule has 0 saturated carbocycles. The van der Waals surface area contributed by atoms with Gasteiger partial charge in [-0.25, -0.2) is 4.98 Å². The molecule has 1 saturated heterocycles. The highest BCUT2D eigenvalue weighted by molar-refractivity contribution is 5.69. The Balaban J connectivity index is 1.38. The Morgan fingerprint density at radius 2 is 1.52 bits per heavy atom. The number of para-hydroxylation sites is 2. The van der Waals surface area contributed by atoms with Crippen molar-refractivity contribution in [1.29, 1.82) is 0 Å². The molecule has 3 aromatic rings. The third-order valence-electron chi connectivity index (χ3n) is 5.97. The Morgan fingerprint density at radius 3 is 2.31 bits per heavy atom. The lowest BCUT2D eigenvalue weighted by Crippen LogP contribution is -2.47. The Morgan fingerprint density at radius 1 is 0.828 bits per heavy atom. The van der Waals surface area contributed by atoms with Crippen LogP contribution < -0.4 is 14.7 Å². The number of anilines is 4. The first-order chi connectivity index (χ1) is 14.2. The largest absolute Gasteiger partial charge is 0.368 e. The number of fused-ring (bicyclic) bond motifs is 1. The minimum atomic E-state index is 0.407. The number of hydrogen-bond donors (Lipinski definition) is 0. The van der Waals surface area contributed by atoms with Crippen LogP contribution >= 0.6 is 0 Å². The standard InChI is InChI=1S/C24H27N5/c1-18-16-23(29-19(2)17-20-8-6-7-11-22(20)29)26-24(25-18)28-14-12-27(13-15-28)21-9-4-3-5-10-21/h3-11,16,19H,12-15,17H2,1-2H3. The van der Waals surface area contributed by atoms with Gasteiger partial charge in [0.15, 0.2) is 0 Å². The average molecular weight is 386 g/mol. The molecular formula is C24H27N5. The fraction of sp³-hybridized carbons (Fsp3) is 0.333. The average Bonchev–Trinajstić information content (AvgIpc) is 3.10. The number of benzene rings is 2. The van der Waals surface area contributed by atoms with Crippen molar-refractivity contribution in [3.8, 4) is 0 Å². The van der Waals surface area contributed by atoms with E-state index in [9.17, 15) is 0 Å². The van der Waals surface area contributed by atoms with E-state index in [2.05, 4.69) is 89.2 Å². The van der Waals surface area contributed by atoms with Crippen LogP contribution in [0.4, 0.5) is 23.1 Å². The molecule has 2 aromatic carbocycles. The first-order valence-corrected chi connectivity index (χ1v) is 10.5. The highest BCUT2D eigenvalue weighted by Gasteiger charge is 2.29. The van der Waals surface area contributed by atoms with Gasteiger partial charge in [-0.2, -0.15) is 4.98 Å². The maximum absolute atomic E-state index is 5.01. The lowest BCUT2D eigenvalue weighted by atomic mass is 10.1. The molecule has 0 N–H and O–H groups in total. The highest BCUT2D eigenvalue weighted by Crippen LogP contribution is 2.37. The molecule has 0 amide bonds. The maximum atomic E-state index is 5.01. The van der Waals surface area contributed by atoms with Gasteiger partial charge in [0.2, 0.25) is 5.95 Å². The van der Waals surface area contributed by atoms with Crippen LogP contribution in [0.5, 0.6) is 0 Å². The summed E-state index contributed by atoms with van der Waals surface area (Å²) in [5, 5.41) is 0. The zero-order valence-electron chi connectivity index (χ0n) is 17.1. The van der Waals surface area contributed by atoms with Crippen LogP contribution in [0, 0.1) is 6.92 Å². The molecule has 2 aliphatic rings. The van der Waals surface area contributed by atoms with E-state index in [0.717, 1.165) is 50.1 Å². The van der Waals surface area contributed by atoms with Gasteiger partial charge in [0, 0.05) is 55.4 Å². The van der Waals surface area contributed by atoms with Crippen molar-refractivity contribution in [2.75, 3.05) is 40.9 Å². The number of piperazine rings is 1. The molecule has 1 unspecified atom stereocenters. The number of aromatic nitrogens is 2. The molecule has 0 spiro atoms. The van der Waals surface area contributed by atoms with Crippen LogP contribution in [0.15, 0.2) is 60.7 Å². The van der Waals surface area contributed by atoms with Crippen LogP contribution in [0.2, 0.25) is 0 Å². The zero-order valence-corrected chi connectivity index (χ0v) is 17.1. The molecule has 1 aromatic heterocycles. The molecule has 5 heteroatoms. The predicted molar refractivity (Wildman–Crippen MR) is 119 cm³/mol. The van der Waals surface area contributed by atoms with E-state index in [0.29, 0.717) is 6.04 Å². The summed E-state index contributed by atoms with van der Waals surface area (Å²) < 4.78 is 0. The third kappa shape index (κ3) is 3.41. The molecule has 1 fully saturated rings. The van der Waals surface area contributed by atoms with Crippen LogP contribution in [-0.2, 0) is 6.42 Å². The van der Waals surface area contributed by atoms with E-state index in [1.54, 1.807) is 0 Å². The third-order valence-corrected chi connectivity index (χ3v) is 5.97. The molecule has 29 heavy (non-hydrogen) atoms. The Bertz CT molecular complexity index is 995. The minimum absolute atomic E-state index is 0.407. The topological polar surface area (TPSA) is 35.5 Å². The molecule has 0 bridgehead atoms. The summed E-state index contributed by atoms with van der Waals surface area (Å²) in [5.41, 5.74) is 4.99. The normalized spacial score (nSPS) is 18.8. The van der Waals surface area contributed by atoms with Gasteiger partial charge in [-0.3, -0.25) is 0 Å². The lowest BCUT2D eigenvalue weighted by molar-refractivity contribution is 0.638. The van der Waals surface area contributed by atoms with Gasteiger partial charge >= 0.3 is 0 Å². The molecule has 5 nitrogen and oxygen atoms in total. The van der Waals surface area contributed by atoms with Crippen LogP contribution in [0.1, 0.15) is 18.2 Å². The SMILES string of the molecule is Cc1cc(N2c3ccccc3CC2C)nc(N2CCN(c3ccccc3)CC2)n1. The van der Waals surface area contributed by atoms with E-state index in [-0.39, 0.29) is 0 Å². The Labute approximate surface area is 172 Å². The summed E-state index contributed by atoms with van der Waals surface area (Å²) in [5.74, 6) is 1.86. The predicted octanol–water partition coefficient (Wildman–Crippen LogP) is 4.19. The van der Waals surface area contributed by atoms with Gasteiger partial charge in [0.05, 0.1) is 0 Å². The van der Waals surface area contributed by atoms with Crippen molar-refractivity contribution in [2.45, 2.75) is 26.3 Å². The number of rotatable bonds is 3.